The van der Waals surface area contributed by atoms with E-state index in [0.717, 1.165) is 5.69 Å². The van der Waals surface area contributed by atoms with Crippen molar-refractivity contribution in [2.75, 3.05) is 19.0 Å². The number of rotatable bonds is 6. The predicted octanol–water partition coefficient (Wildman–Crippen LogP) is 1.50. The van der Waals surface area contributed by atoms with Crippen LogP contribution in [0.3, 0.4) is 0 Å². The van der Waals surface area contributed by atoms with Gasteiger partial charge in [0.1, 0.15) is 11.8 Å². The molecule has 0 saturated carbocycles. The van der Waals surface area contributed by atoms with E-state index in [1.165, 1.54) is 6.92 Å². The van der Waals surface area contributed by atoms with Gasteiger partial charge in [0.2, 0.25) is 0 Å². The van der Waals surface area contributed by atoms with Crippen molar-refractivity contribution >= 4 is 17.6 Å². The van der Waals surface area contributed by atoms with Gasteiger partial charge in [-0.15, -0.1) is 0 Å². The minimum absolute atomic E-state index is 0.479. The lowest BCUT2D eigenvalue weighted by Gasteiger charge is -2.27. The Balaban J connectivity index is 2.82. The number of hydrogen-bond donors (Lipinski definition) is 2. The number of amides is 1. The fourth-order valence-electron chi connectivity index (χ4n) is 1.60. The zero-order valence-electron chi connectivity index (χ0n) is 13.0. The van der Waals surface area contributed by atoms with Gasteiger partial charge < -0.3 is 20.1 Å². The van der Waals surface area contributed by atoms with Crippen molar-refractivity contribution in [1.82, 2.24) is 5.32 Å². The molecule has 0 radical (unpaired) electrons. The molecule has 0 aliphatic carbocycles. The van der Waals surface area contributed by atoms with E-state index >= 15 is 0 Å². The number of ether oxygens (including phenoxy) is 1. The molecule has 1 amide bonds. The van der Waals surface area contributed by atoms with Crippen molar-refractivity contribution < 1.29 is 19.4 Å². The minimum atomic E-state index is -1.17. The van der Waals surface area contributed by atoms with Gasteiger partial charge in [-0.2, -0.15) is 0 Å². The molecule has 1 unspecified atom stereocenters. The third kappa shape index (κ3) is 4.66. The van der Waals surface area contributed by atoms with E-state index < -0.39 is 23.5 Å². The normalized spacial score (nSPS) is 12.4. The Bertz CT molecular complexity index is 526. The summed E-state index contributed by atoms with van der Waals surface area (Å²) in [5, 5.41) is 11.2. The van der Waals surface area contributed by atoms with E-state index in [1.54, 1.807) is 19.9 Å². The summed E-state index contributed by atoms with van der Waals surface area (Å²) < 4.78 is 5.70. The molecule has 116 valence electrons. The highest BCUT2D eigenvalue weighted by atomic mass is 16.5. The highest BCUT2D eigenvalue weighted by Gasteiger charge is 2.32. The number of benzene rings is 1. The van der Waals surface area contributed by atoms with Gasteiger partial charge in [-0.3, -0.25) is 9.59 Å². The van der Waals surface area contributed by atoms with Gasteiger partial charge in [0, 0.05) is 25.8 Å². The van der Waals surface area contributed by atoms with Crippen LogP contribution in [0.25, 0.3) is 0 Å². The first-order valence-electron chi connectivity index (χ1n) is 6.63. The molecular formula is C15H22N2O4. The Morgan fingerprint density at radius 3 is 2.48 bits per heavy atom. The molecule has 0 heterocycles. The van der Waals surface area contributed by atoms with Crippen LogP contribution in [0.15, 0.2) is 24.3 Å². The molecule has 0 bridgehead atoms. The summed E-state index contributed by atoms with van der Waals surface area (Å²) in [6.07, 6.45) is 0. The van der Waals surface area contributed by atoms with E-state index in [0.29, 0.717) is 5.75 Å². The maximum absolute atomic E-state index is 12.1. The van der Waals surface area contributed by atoms with Crippen LogP contribution in [0.4, 0.5) is 5.69 Å². The lowest BCUT2D eigenvalue weighted by molar-refractivity contribution is -0.144. The molecule has 1 aromatic rings. The number of carbonyl (C=O) groups is 2. The van der Waals surface area contributed by atoms with Crippen molar-refractivity contribution in [1.29, 1.82) is 0 Å². The van der Waals surface area contributed by atoms with Gasteiger partial charge in [-0.05, 0) is 32.9 Å². The number of aliphatic carboxylic acids is 1. The standard InChI is InChI=1S/C15H22N2O4/c1-10(13(18)19)16-14(20)15(2,3)21-12-8-6-7-11(9-12)17(4)5/h6-10H,1-5H3,(H,16,20)(H,18,19). The van der Waals surface area contributed by atoms with E-state index in [2.05, 4.69) is 5.32 Å². The molecule has 1 rings (SSSR count). The molecule has 1 atom stereocenters. The second kappa shape index (κ2) is 6.47. The number of hydrogen-bond acceptors (Lipinski definition) is 4. The average Bonchev–Trinajstić information content (AvgIpc) is 2.38. The molecule has 21 heavy (non-hydrogen) atoms. The maximum Gasteiger partial charge on any atom is 0.325 e. The monoisotopic (exact) mass is 294 g/mol. The Morgan fingerprint density at radius 2 is 1.95 bits per heavy atom. The molecule has 0 fully saturated rings. The third-order valence-electron chi connectivity index (χ3n) is 2.97. The summed E-state index contributed by atoms with van der Waals surface area (Å²) in [5.74, 6) is -1.02. The Hall–Kier alpha value is -2.24. The Labute approximate surface area is 124 Å². The fraction of sp³-hybridized carbons (Fsp3) is 0.467. The van der Waals surface area contributed by atoms with Crippen molar-refractivity contribution in [2.45, 2.75) is 32.4 Å². The van der Waals surface area contributed by atoms with Crippen molar-refractivity contribution in [3.05, 3.63) is 24.3 Å². The number of carboxylic acids is 1. The highest BCUT2D eigenvalue weighted by molar-refractivity contribution is 5.88. The summed E-state index contributed by atoms with van der Waals surface area (Å²) in [5.41, 5.74) is -0.225. The molecule has 0 spiro atoms. The van der Waals surface area contributed by atoms with Gasteiger partial charge >= 0.3 is 5.97 Å². The topological polar surface area (TPSA) is 78.9 Å². The highest BCUT2D eigenvalue weighted by Crippen LogP contribution is 2.23. The van der Waals surface area contributed by atoms with Crippen molar-refractivity contribution in [3.8, 4) is 5.75 Å². The quantitative estimate of drug-likeness (QED) is 0.831. The third-order valence-corrected chi connectivity index (χ3v) is 2.97. The van der Waals surface area contributed by atoms with Gasteiger partial charge in [-0.25, -0.2) is 0 Å². The second-order valence-electron chi connectivity index (χ2n) is 5.54. The maximum atomic E-state index is 12.1. The minimum Gasteiger partial charge on any atom is -0.480 e. The van der Waals surface area contributed by atoms with E-state index in [9.17, 15) is 9.59 Å². The first-order chi connectivity index (χ1) is 9.63. The largest absolute Gasteiger partial charge is 0.480 e. The SMILES string of the molecule is CC(NC(=O)C(C)(C)Oc1cccc(N(C)C)c1)C(=O)O. The van der Waals surface area contributed by atoms with E-state index in [1.807, 2.05) is 37.2 Å². The predicted molar refractivity (Wildman–Crippen MR) is 80.7 cm³/mol. The number of anilines is 1. The van der Waals surface area contributed by atoms with Crippen LogP contribution < -0.4 is 15.0 Å². The molecule has 6 heteroatoms. The van der Waals surface area contributed by atoms with Crippen LogP contribution in [-0.2, 0) is 9.59 Å². The van der Waals surface area contributed by atoms with Crippen molar-refractivity contribution in [3.63, 3.8) is 0 Å². The van der Waals surface area contributed by atoms with Gasteiger partial charge in [0.25, 0.3) is 5.91 Å². The summed E-state index contributed by atoms with van der Waals surface area (Å²) in [7, 11) is 3.82. The number of carboxylic acid groups (broad SMARTS) is 1. The molecule has 0 aliphatic heterocycles. The van der Waals surface area contributed by atoms with Crippen LogP contribution in [-0.4, -0.2) is 42.7 Å². The van der Waals surface area contributed by atoms with Gasteiger partial charge in [-0.1, -0.05) is 6.07 Å². The molecular weight excluding hydrogens is 272 g/mol. The molecule has 1 aromatic carbocycles. The van der Waals surface area contributed by atoms with E-state index in [-0.39, 0.29) is 0 Å². The Morgan fingerprint density at radius 1 is 1.33 bits per heavy atom. The van der Waals surface area contributed by atoms with Crippen LogP contribution in [0, 0.1) is 0 Å². The molecule has 2 N–H and O–H groups in total. The van der Waals surface area contributed by atoms with E-state index in [4.69, 9.17) is 9.84 Å². The first kappa shape index (κ1) is 16.8. The molecule has 0 aliphatic rings. The fourth-order valence-corrected chi connectivity index (χ4v) is 1.60. The zero-order valence-corrected chi connectivity index (χ0v) is 13.0. The van der Waals surface area contributed by atoms with Crippen molar-refractivity contribution in [2.24, 2.45) is 0 Å². The zero-order chi connectivity index (χ0) is 16.2. The van der Waals surface area contributed by atoms with Crippen LogP contribution >= 0.6 is 0 Å². The number of nitrogens with zero attached hydrogens (tertiary/aromatic N) is 1. The van der Waals surface area contributed by atoms with Gasteiger partial charge in [0.15, 0.2) is 5.60 Å². The number of nitrogens with one attached hydrogen (secondary N) is 1. The lowest BCUT2D eigenvalue weighted by atomic mass is 10.1. The summed E-state index contributed by atoms with van der Waals surface area (Å²) in [6, 6.07) is 6.36. The number of carbonyl (C=O) groups excluding carboxylic acids is 1. The summed E-state index contributed by atoms with van der Waals surface area (Å²) >= 11 is 0. The molecule has 6 nitrogen and oxygen atoms in total. The average molecular weight is 294 g/mol. The van der Waals surface area contributed by atoms with Crippen LogP contribution in [0.5, 0.6) is 5.75 Å². The lowest BCUT2D eigenvalue weighted by Crippen LogP contribution is -2.51. The van der Waals surface area contributed by atoms with Crippen LogP contribution in [0.1, 0.15) is 20.8 Å². The summed E-state index contributed by atoms with van der Waals surface area (Å²) in [4.78, 5) is 24.8. The summed E-state index contributed by atoms with van der Waals surface area (Å²) in [6.45, 7) is 4.60. The molecule has 0 saturated heterocycles. The molecule has 0 aromatic heterocycles. The second-order valence-corrected chi connectivity index (χ2v) is 5.54. The van der Waals surface area contributed by atoms with Crippen LogP contribution in [0.2, 0.25) is 0 Å². The van der Waals surface area contributed by atoms with Gasteiger partial charge in [0.05, 0.1) is 0 Å². The Kier molecular flexibility index (Phi) is 5.18. The smallest absolute Gasteiger partial charge is 0.325 e. The first-order valence-corrected chi connectivity index (χ1v) is 6.63.